The van der Waals surface area contributed by atoms with E-state index in [-0.39, 0.29) is 6.61 Å². The SMILES string of the molecule is C=[S+]SCCO. The van der Waals surface area contributed by atoms with Gasteiger partial charge >= 0.3 is 0 Å². The van der Waals surface area contributed by atoms with Crippen LogP contribution in [0.1, 0.15) is 0 Å². The molecule has 0 atom stereocenters. The second-order valence-corrected chi connectivity index (χ2v) is 2.96. The molecule has 0 unspecified atom stereocenters. The zero-order chi connectivity index (χ0) is 4.83. The molecule has 0 amide bonds. The topological polar surface area (TPSA) is 20.2 Å². The Kier molecular flexibility index (Phi) is 5.76. The monoisotopic (exact) mass is 123 g/mol. The summed E-state index contributed by atoms with van der Waals surface area (Å²) in [4.78, 5) is 0. The predicted octanol–water partition coefficient (Wildman–Crippen LogP) is 0.142. The van der Waals surface area contributed by atoms with Crippen LogP contribution in [0.4, 0.5) is 0 Å². The fourth-order valence-corrected chi connectivity index (χ4v) is 0.866. The molecule has 36 valence electrons. The summed E-state index contributed by atoms with van der Waals surface area (Å²) in [5.74, 6) is 4.28. The molecule has 0 aliphatic carbocycles. The highest BCUT2D eigenvalue weighted by molar-refractivity contribution is 8.64. The third-order valence-corrected chi connectivity index (χ3v) is 1.77. The highest BCUT2D eigenvalue weighted by atomic mass is 33.1. The van der Waals surface area contributed by atoms with Gasteiger partial charge in [0, 0.05) is 0 Å². The Morgan fingerprint density at radius 3 is 2.67 bits per heavy atom. The quantitative estimate of drug-likeness (QED) is 0.249. The number of hydrogen-bond donors (Lipinski definition) is 1. The van der Waals surface area contributed by atoms with Gasteiger partial charge in [0.15, 0.2) is 16.7 Å². The zero-order valence-electron chi connectivity index (χ0n) is 3.39. The molecule has 0 fully saturated rings. The van der Waals surface area contributed by atoms with Crippen molar-refractivity contribution in [3.05, 3.63) is 0 Å². The Hall–Kier alpha value is 0.400. The molecule has 0 aliphatic rings. The smallest absolute Gasteiger partial charge is 0.252 e. The molecule has 0 rings (SSSR count). The normalized spacial score (nSPS) is 8.17. The number of aliphatic hydroxyl groups excluding tert-OH is 1. The van der Waals surface area contributed by atoms with Crippen LogP contribution in [-0.2, 0) is 10.4 Å². The molecule has 0 heterocycles. The summed E-state index contributed by atoms with van der Waals surface area (Å²) >= 11 is 0. The summed E-state index contributed by atoms with van der Waals surface area (Å²) in [5.41, 5.74) is 0. The third-order valence-electron chi connectivity index (χ3n) is 0.258. The first kappa shape index (κ1) is 6.40. The zero-order valence-corrected chi connectivity index (χ0v) is 5.02. The van der Waals surface area contributed by atoms with Crippen molar-refractivity contribution in [2.45, 2.75) is 0 Å². The average molecular weight is 123 g/mol. The molecule has 6 heavy (non-hydrogen) atoms. The lowest BCUT2D eigenvalue weighted by molar-refractivity contribution is 0.323. The molecule has 0 aliphatic heterocycles. The predicted molar refractivity (Wildman–Crippen MR) is 34.0 cm³/mol. The van der Waals surface area contributed by atoms with E-state index in [1.54, 1.807) is 10.8 Å². The van der Waals surface area contributed by atoms with Crippen molar-refractivity contribution in [2.75, 3.05) is 12.4 Å². The van der Waals surface area contributed by atoms with Gasteiger partial charge < -0.3 is 5.11 Å². The van der Waals surface area contributed by atoms with Crippen LogP contribution in [0.2, 0.25) is 0 Å². The molecule has 3 heteroatoms. The summed E-state index contributed by atoms with van der Waals surface area (Å²) < 4.78 is 0. The van der Waals surface area contributed by atoms with Crippen LogP contribution in [0, 0.1) is 0 Å². The van der Waals surface area contributed by atoms with Crippen molar-refractivity contribution in [1.82, 2.24) is 0 Å². The number of aliphatic hydroxyl groups is 1. The van der Waals surface area contributed by atoms with E-state index in [9.17, 15) is 0 Å². The average Bonchev–Trinajstić information content (AvgIpc) is 1.61. The van der Waals surface area contributed by atoms with Gasteiger partial charge in [-0.05, 0) is 0 Å². The Labute approximate surface area is 45.1 Å². The van der Waals surface area contributed by atoms with E-state index in [0.29, 0.717) is 0 Å². The van der Waals surface area contributed by atoms with Crippen molar-refractivity contribution in [3.8, 4) is 0 Å². The van der Waals surface area contributed by atoms with Gasteiger partial charge in [-0.25, -0.2) is 0 Å². The minimum absolute atomic E-state index is 0.257. The van der Waals surface area contributed by atoms with Gasteiger partial charge in [0.2, 0.25) is 0 Å². The molecule has 0 radical (unpaired) electrons. The summed E-state index contributed by atoms with van der Waals surface area (Å²) in [6.45, 7) is 0.257. The van der Waals surface area contributed by atoms with Crippen molar-refractivity contribution in [2.24, 2.45) is 0 Å². The van der Waals surface area contributed by atoms with Gasteiger partial charge in [-0.1, -0.05) is 0 Å². The van der Waals surface area contributed by atoms with Crippen molar-refractivity contribution < 1.29 is 5.11 Å². The molecular weight excluding hydrogens is 116 g/mol. The summed E-state index contributed by atoms with van der Waals surface area (Å²) in [7, 11) is 3.00. The van der Waals surface area contributed by atoms with E-state index >= 15 is 0 Å². The standard InChI is InChI=1S/C3H7OS2/c1-5-6-3-2-4/h4H,1-3H2/q+1. The van der Waals surface area contributed by atoms with Crippen molar-refractivity contribution in [3.63, 3.8) is 0 Å². The molecule has 0 aromatic carbocycles. The lowest BCUT2D eigenvalue weighted by atomic mass is 10.9. The Bertz CT molecular complexity index is 37.8. The minimum atomic E-state index is 0.257. The molecule has 1 N–H and O–H groups in total. The van der Waals surface area contributed by atoms with E-state index < -0.39 is 0 Å². The summed E-state index contributed by atoms with van der Waals surface area (Å²) in [5, 5.41) is 8.14. The first-order valence-corrected chi connectivity index (χ1v) is 4.05. The van der Waals surface area contributed by atoms with E-state index in [0.717, 1.165) is 5.75 Å². The number of hydrogen-bond acceptors (Lipinski definition) is 2. The maximum atomic E-state index is 8.14. The van der Waals surface area contributed by atoms with Crippen LogP contribution in [0.15, 0.2) is 0 Å². The summed E-state index contributed by atoms with van der Waals surface area (Å²) in [6.07, 6.45) is 0. The molecule has 0 bridgehead atoms. The van der Waals surface area contributed by atoms with E-state index in [1.165, 1.54) is 10.4 Å². The lowest BCUT2D eigenvalue weighted by Crippen LogP contribution is -1.81. The van der Waals surface area contributed by atoms with E-state index in [2.05, 4.69) is 5.87 Å². The minimum Gasteiger partial charge on any atom is -0.395 e. The third kappa shape index (κ3) is 4.40. The summed E-state index contributed by atoms with van der Waals surface area (Å²) in [6, 6.07) is 0. The first-order valence-electron chi connectivity index (χ1n) is 1.56. The van der Waals surface area contributed by atoms with Gasteiger partial charge in [-0.15, -0.1) is 0 Å². The first-order chi connectivity index (χ1) is 2.91. The Morgan fingerprint density at radius 1 is 1.83 bits per heavy atom. The van der Waals surface area contributed by atoms with Crippen LogP contribution in [0.5, 0.6) is 0 Å². The van der Waals surface area contributed by atoms with E-state index in [1.807, 2.05) is 0 Å². The second-order valence-electron chi connectivity index (χ2n) is 0.663. The maximum absolute atomic E-state index is 8.14. The fourth-order valence-electron chi connectivity index (χ4n) is 0.0962. The Morgan fingerprint density at radius 2 is 2.50 bits per heavy atom. The Balaban J connectivity index is 2.49. The van der Waals surface area contributed by atoms with E-state index in [4.69, 9.17) is 5.11 Å². The maximum Gasteiger partial charge on any atom is 0.252 e. The van der Waals surface area contributed by atoms with Crippen LogP contribution in [0.25, 0.3) is 0 Å². The van der Waals surface area contributed by atoms with Gasteiger partial charge in [-0.2, -0.15) is 0 Å². The molecule has 1 nitrogen and oxygen atoms in total. The van der Waals surface area contributed by atoms with Crippen LogP contribution in [0.3, 0.4) is 0 Å². The highest BCUT2D eigenvalue weighted by Gasteiger charge is 1.87. The molecule has 0 aromatic rings. The molecule has 0 spiro atoms. The highest BCUT2D eigenvalue weighted by Crippen LogP contribution is 1.91. The van der Waals surface area contributed by atoms with Crippen LogP contribution < -0.4 is 0 Å². The molecule has 0 aromatic heterocycles. The molecule has 0 saturated heterocycles. The largest absolute Gasteiger partial charge is 0.395 e. The fraction of sp³-hybridized carbons (Fsp3) is 0.667. The van der Waals surface area contributed by atoms with Crippen LogP contribution >= 0.6 is 10.8 Å². The van der Waals surface area contributed by atoms with Gasteiger partial charge in [0.25, 0.3) is 10.4 Å². The van der Waals surface area contributed by atoms with Crippen molar-refractivity contribution in [1.29, 1.82) is 0 Å². The molecule has 0 saturated carbocycles. The second kappa shape index (κ2) is 5.40. The van der Waals surface area contributed by atoms with Gasteiger partial charge in [0.1, 0.15) is 0 Å². The van der Waals surface area contributed by atoms with Crippen molar-refractivity contribution >= 4 is 27.0 Å². The van der Waals surface area contributed by atoms with Crippen LogP contribution in [-0.4, -0.2) is 23.3 Å². The van der Waals surface area contributed by atoms with Gasteiger partial charge in [-0.3, -0.25) is 0 Å². The number of rotatable bonds is 3. The molecular formula is C3H7OS2+. The lowest BCUT2D eigenvalue weighted by Gasteiger charge is -1.70. The van der Waals surface area contributed by atoms with Gasteiger partial charge in [0.05, 0.1) is 12.4 Å².